The highest BCUT2D eigenvalue weighted by molar-refractivity contribution is 5.52. The lowest BCUT2D eigenvalue weighted by Gasteiger charge is -2.42. The molecule has 1 N–H and O–H groups in total. The van der Waals surface area contributed by atoms with Gasteiger partial charge in [0, 0.05) is 76.1 Å². The second kappa shape index (κ2) is 11.0. The molecular formula is C27H36F4N6O. The van der Waals surface area contributed by atoms with Crippen LogP contribution in [0.3, 0.4) is 0 Å². The normalized spacial score (nSPS) is 23.4. The van der Waals surface area contributed by atoms with Crippen molar-refractivity contribution >= 4 is 5.82 Å². The molecule has 3 heterocycles. The zero-order valence-corrected chi connectivity index (χ0v) is 22.0. The van der Waals surface area contributed by atoms with Gasteiger partial charge in [-0.25, -0.2) is 14.4 Å². The number of likely N-dealkylation sites (N-methyl/N-ethyl adjacent to an activating group) is 1. The minimum absolute atomic E-state index is 0.381. The molecule has 2 saturated heterocycles. The van der Waals surface area contributed by atoms with Gasteiger partial charge in [-0.1, -0.05) is 13.0 Å². The third-order valence-electron chi connectivity index (χ3n) is 8.38. The van der Waals surface area contributed by atoms with Crippen molar-refractivity contribution in [3.05, 3.63) is 52.7 Å². The lowest BCUT2D eigenvalue weighted by molar-refractivity contribution is -0.140. The van der Waals surface area contributed by atoms with E-state index in [0.29, 0.717) is 44.2 Å². The number of hydrogen-bond acceptors (Lipinski definition) is 7. The summed E-state index contributed by atoms with van der Waals surface area (Å²) in [5.41, 5.74) is 1.43. The number of aromatic nitrogens is 2. The maximum Gasteiger partial charge on any atom is 0.419 e. The predicted molar refractivity (Wildman–Crippen MR) is 137 cm³/mol. The molecule has 1 aromatic heterocycles. The van der Waals surface area contributed by atoms with Crippen molar-refractivity contribution in [2.75, 3.05) is 70.9 Å². The fourth-order valence-corrected chi connectivity index (χ4v) is 6.00. The second-order valence-electron chi connectivity index (χ2n) is 10.9. The molecule has 0 amide bonds. The molecule has 2 aromatic rings. The summed E-state index contributed by atoms with van der Waals surface area (Å²) in [6.07, 6.45) is -2.07. The Morgan fingerprint density at radius 3 is 2.39 bits per heavy atom. The Kier molecular flexibility index (Phi) is 7.91. The molecule has 3 aliphatic rings. The maximum absolute atomic E-state index is 14.6. The molecule has 0 bridgehead atoms. The number of nitrogens with zero attached hydrogens (tertiary/aromatic N) is 6. The Morgan fingerprint density at radius 1 is 1.03 bits per heavy atom. The van der Waals surface area contributed by atoms with Crippen LogP contribution in [0.25, 0.3) is 0 Å². The van der Waals surface area contributed by atoms with E-state index in [0.717, 1.165) is 62.7 Å². The van der Waals surface area contributed by atoms with Gasteiger partial charge < -0.3 is 19.8 Å². The van der Waals surface area contributed by atoms with E-state index in [1.165, 1.54) is 11.6 Å². The third-order valence-corrected chi connectivity index (χ3v) is 8.38. The monoisotopic (exact) mass is 536 g/mol. The average Bonchev–Trinajstić information content (AvgIpc) is 3.28. The molecule has 5 rings (SSSR count). The topological polar surface area (TPSA) is 59.0 Å². The van der Waals surface area contributed by atoms with Crippen LogP contribution < -0.4 is 4.90 Å². The van der Waals surface area contributed by atoms with Crippen LogP contribution in [0.4, 0.5) is 23.4 Å². The number of halogens is 4. The van der Waals surface area contributed by atoms with Crippen molar-refractivity contribution < 1.29 is 22.7 Å². The van der Waals surface area contributed by atoms with Crippen molar-refractivity contribution in [3.8, 4) is 0 Å². The first-order valence-corrected chi connectivity index (χ1v) is 13.4. The van der Waals surface area contributed by atoms with Gasteiger partial charge >= 0.3 is 6.18 Å². The van der Waals surface area contributed by atoms with E-state index >= 15 is 0 Å². The van der Waals surface area contributed by atoms with Gasteiger partial charge in [0.1, 0.15) is 24.2 Å². The summed E-state index contributed by atoms with van der Waals surface area (Å²) in [4.78, 5) is 17.6. The number of hydrogen-bond donors (Lipinski definition) is 1. The highest BCUT2D eigenvalue weighted by atomic mass is 19.4. The van der Waals surface area contributed by atoms with Gasteiger partial charge in [0.15, 0.2) is 0 Å². The van der Waals surface area contributed by atoms with Crippen LogP contribution >= 0.6 is 0 Å². The number of aliphatic hydroxyl groups is 1. The molecule has 2 aliphatic heterocycles. The van der Waals surface area contributed by atoms with Crippen molar-refractivity contribution in [3.63, 3.8) is 0 Å². The number of alkyl halides is 3. The highest BCUT2D eigenvalue weighted by Gasteiger charge is 2.37. The van der Waals surface area contributed by atoms with Crippen molar-refractivity contribution in [1.82, 2.24) is 24.7 Å². The van der Waals surface area contributed by atoms with Gasteiger partial charge in [-0.2, -0.15) is 13.2 Å². The molecule has 38 heavy (non-hydrogen) atoms. The van der Waals surface area contributed by atoms with Crippen LogP contribution in [0.5, 0.6) is 0 Å². The summed E-state index contributed by atoms with van der Waals surface area (Å²) in [5, 5.41) is 11.5. The zero-order chi connectivity index (χ0) is 27.0. The molecule has 7 nitrogen and oxygen atoms in total. The molecule has 0 saturated carbocycles. The molecule has 0 radical (unpaired) electrons. The number of aryl methyl sites for hydroxylation is 1. The van der Waals surface area contributed by atoms with Gasteiger partial charge in [-0.05, 0) is 43.5 Å². The van der Waals surface area contributed by atoms with Crippen LogP contribution in [0.15, 0.2) is 24.5 Å². The minimum Gasteiger partial charge on any atom is -0.378 e. The molecule has 0 spiro atoms. The number of benzene rings is 1. The summed E-state index contributed by atoms with van der Waals surface area (Å²) in [6.45, 7) is 8.40. The third kappa shape index (κ3) is 5.66. The van der Waals surface area contributed by atoms with E-state index in [1.54, 1.807) is 6.33 Å². The van der Waals surface area contributed by atoms with Crippen LogP contribution in [0.1, 0.15) is 47.6 Å². The number of aliphatic hydroxyl groups excluding tert-OH is 1. The van der Waals surface area contributed by atoms with Gasteiger partial charge in [0.2, 0.25) is 0 Å². The standard InChI is InChI=1S/C27H36F4N6O/c1-18-3-6-23-24(18)25(33-17-32-23)36-11-13-37(14-12-36)26(38)20(16-35-9-7-34(2)8-10-35)19-4-5-21(22(28)15-19)27(29,30)31/h4-5,15,17-18,20,26,38H,3,6-14,16H2,1-2H3/t18-,20+,26?/m1/s1. The highest BCUT2D eigenvalue weighted by Crippen LogP contribution is 2.38. The smallest absolute Gasteiger partial charge is 0.378 e. The lowest BCUT2D eigenvalue weighted by atomic mass is 9.93. The Hall–Kier alpha value is -2.34. The lowest BCUT2D eigenvalue weighted by Crippen LogP contribution is -2.54. The van der Waals surface area contributed by atoms with Crippen LogP contribution in [0.2, 0.25) is 0 Å². The van der Waals surface area contributed by atoms with Crippen LogP contribution in [-0.2, 0) is 12.6 Å². The summed E-state index contributed by atoms with van der Waals surface area (Å²) < 4.78 is 54.2. The first kappa shape index (κ1) is 27.2. The first-order valence-electron chi connectivity index (χ1n) is 13.4. The Labute approximate surface area is 221 Å². The zero-order valence-electron chi connectivity index (χ0n) is 22.0. The molecular weight excluding hydrogens is 500 g/mol. The summed E-state index contributed by atoms with van der Waals surface area (Å²) in [7, 11) is 2.04. The van der Waals surface area contributed by atoms with E-state index < -0.39 is 29.7 Å². The van der Waals surface area contributed by atoms with Crippen molar-refractivity contribution in [2.24, 2.45) is 0 Å². The Morgan fingerprint density at radius 2 is 1.74 bits per heavy atom. The summed E-state index contributed by atoms with van der Waals surface area (Å²) in [6, 6.07) is 3.06. The van der Waals surface area contributed by atoms with Gasteiger partial charge in [0.25, 0.3) is 0 Å². The Balaban J connectivity index is 1.33. The quantitative estimate of drug-likeness (QED) is 0.570. The van der Waals surface area contributed by atoms with E-state index in [-0.39, 0.29) is 0 Å². The van der Waals surface area contributed by atoms with E-state index in [2.05, 4.69) is 31.6 Å². The largest absolute Gasteiger partial charge is 0.419 e. The summed E-state index contributed by atoms with van der Waals surface area (Å²) >= 11 is 0. The van der Waals surface area contributed by atoms with Gasteiger partial charge in [0.05, 0.1) is 5.56 Å². The molecule has 2 fully saturated rings. The SMILES string of the molecule is C[C@@H]1CCc2ncnc(N3CCN(C(O)[C@@H](CN4CCN(C)CC4)c4ccc(C(F)(F)F)c(F)c4)CC3)c21. The van der Waals surface area contributed by atoms with E-state index in [4.69, 9.17) is 0 Å². The number of fused-ring (bicyclic) bond motifs is 1. The van der Waals surface area contributed by atoms with E-state index in [1.807, 2.05) is 11.9 Å². The predicted octanol–water partition coefficient (Wildman–Crippen LogP) is 3.16. The van der Waals surface area contributed by atoms with Crippen molar-refractivity contribution in [2.45, 2.75) is 44.0 Å². The molecule has 1 unspecified atom stereocenters. The van der Waals surface area contributed by atoms with Crippen molar-refractivity contribution in [1.29, 1.82) is 0 Å². The molecule has 208 valence electrons. The Bertz CT molecular complexity index is 1120. The number of rotatable bonds is 6. The number of piperazine rings is 2. The second-order valence-corrected chi connectivity index (χ2v) is 10.9. The average molecular weight is 537 g/mol. The molecule has 1 aromatic carbocycles. The molecule has 1 aliphatic carbocycles. The van der Waals surface area contributed by atoms with Gasteiger partial charge in [-0.3, -0.25) is 4.90 Å². The minimum atomic E-state index is -4.76. The van der Waals surface area contributed by atoms with Crippen LogP contribution in [0, 0.1) is 5.82 Å². The first-order chi connectivity index (χ1) is 18.1. The maximum atomic E-state index is 14.6. The van der Waals surface area contributed by atoms with Gasteiger partial charge in [-0.15, -0.1) is 0 Å². The van der Waals surface area contributed by atoms with Crippen LogP contribution in [-0.4, -0.2) is 102 Å². The molecule has 11 heteroatoms. The van der Waals surface area contributed by atoms with E-state index in [9.17, 15) is 22.7 Å². The fraction of sp³-hybridized carbons (Fsp3) is 0.630. The number of anilines is 1. The molecule has 3 atom stereocenters. The summed E-state index contributed by atoms with van der Waals surface area (Å²) in [5.74, 6) is -0.479. The fourth-order valence-electron chi connectivity index (χ4n) is 6.00.